The van der Waals surface area contributed by atoms with Crippen LogP contribution in [-0.4, -0.2) is 48.4 Å². The van der Waals surface area contributed by atoms with Crippen molar-refractivity contribution in [3.63, 3.8) is 0 Å². The van der Waals surface area contributed by atoms with Gasteiger partial charge in [0.25, 0.3) is 5.91 Å². The Morgan fingerprint density at radius 2 is 1.83 bits per heavy atom. The minimum atomic E-state index is -3.92. The van der Waals surface area contributed by atoms with Crippen LogP contribution in [0.2, 0.25) is 5.02 Å². The maximum absolute atomic E-state index is 14.2. The molecule has 1 heterocycles. The molecule has 0 aliphatic rings. The summed E-state index contributed by atoms with van der Waals surface area (Å²) in [6.07, 6.45) is -0.435. The van der Waals surface area contributed by atoms with Gasteiger partial charge in [-0.1, -0.05) is 23.7 Å². The van der Waals surface area contributed by atoms with Gasteiger partial charge in [-0.3, -0.25) is 9.59 Å². The molecule has 0 aliphatic carbocycles. The fourth-order valence-electron chi connectivity index (χ4n) is 3.66. The fraction of sp³-hybridized carbons (Fsp3) is 0.333. The van der Waals surface area contributed by atoms with Crippen LogP contribution in [0, 0.1) is 12.7 Å². The predicted octanol–water partition coefficient (Wildman–Crippen LogP) is 3.47. The van der Waals surface area contributed by atoms with Gasteiger partial charge in [0.1, 0.15) is 11.5 Å². The lowest BCUT2D eigenvalue weighted by atomic mass is 10.1. The Kier molecular flexibility index (Phi) is 7.88. The second-order valence-corrected chi connectivity index (χ2v) is 10.8. The minimum Gasteiger partial charge on any atom is -0.462 e. The van der Waals surface area contributed by atoms with Crippen molar-refractivity contribution in [3.05, 3.63) is 64.1 Å². The molecular weight excluding hydrogens is 499 g/mol. The summed E-state index contributed by atoms with van der Waals surface area (Å²) in [5.41, 5.74) is 1.57. The lowest BCUT2D eigenvalue weighted by molar-refractivity contribution is -0.144. The first-order valence-corrected chi connectivity index (χ1v) is 12.8. The summed E-state index contributed by atoms with van der Waals surface area (Å²) in [6.45, 7) is 4.35. The quantitative estimate of drug-likeness (QED) is 0.436. The number of benzene rings is 2. The molecule has 8 nitrogen and oxygen atoms in total. The van der Waals surface area contributed by atoms with Crippen LogP contribution in [0.4, 0.5) is 4.39 Å². The SMILES string of the molecule is Cc1cc2c(cc(C(=O)NC(CO)c3ccc(S(=O)(=O)CC(=O)OC(C)C)cc3)n2C)c(Cl)c1F. The van der Waals surface area contributed by atoms with E-state index in [1.165, 1.54) is 30.3 Å². The van der Waals surface area contributed by atoms with Crippen LogP contribution < -0.4 is 5.32 Å². The molecule has 3 aromatic rings. The van der Waals surface area contributed by atoms with Crippen molar-refractivity contribution >= 4 is 44.2 Å². The number of aryl methyl sites for hydroxylation is 2. The molecular formula is C24H26ClFN2O6S. The van der Waals surface area contributed by atoms with Crippen LogP contribution in [0.3, 0.4) is 0 Å². The van der Waals surface area contributed by atoms with Gasteiger partial charge >= 0.3 is 5.97 Å². The molecule has 0 radical (unpaired) electrons. The third kappa shape index (κ3) is 5.66. The maximum atomic E-state index is 14.2. The number of nitrogens with zero attached hydrogens (tertiary/aromatic N) is 1. The Balaban J connectivity index is 1.81. The number of hydrogen-bond acceptors (Lipinski definition) is 6. The molecule has 0 fully saturated rings. The molecule has 188 valence electrons. The standard InChI is InChI=1S/C24H26ClFN2O6S/c1-13(2)34-21(30)12-35(32,33)16-7-5-15(6-8-16)18(11-29)27-24(31)20-10-17-19(28(20)4)9-14(3)23(26)22(17)25/h5-10,13,18,29H,11-12H2,1-4H3,(H,27,31). The molecule has 1 amide bonds. The van der Waals surface area contributed by atoms with E-state index in [1.807, 2.05) is 0 Å². The number of amides is 1. The maximum Gasteiger partial charge on any atom is 0.321 e. The van der Waals surface area contributed by atoms with Gasteiger partial charge in [-0.2, -0.15) is 0 Å². The number of esters is 1. The molecule has 0 bridgehead atoms. The summed E-state index contributed by atoms with van der Waals surface area (Å²) < 4.78 is 45.6. The number of nitrogens with one attached hydrogen (secondary N) is 1. The van der Waals surface area contributed by atoms with Crippen molar-refractivity contribution in [1.29, 1.82) is 0 Å². The normalized spacial score (nSPS) is 12.7. The van der Waals surface area contributed by atoms with Gasteiger partial charge in [-0.25, -0.2) is 12.8 Å². The van der Waals surface area contributed by atoms with E-state index < -0.39 is 52.0 Å². The molecule has 2 N–H and O–H groups in total. The number of hydrogen-bond donors (Lipinski definition) is 2. The van der Waals surface area contributed by atoms with Crippen molar-refractivity contribution in [3.8, 4) is 0 Å². The van der Waals surface area contributed by atoms with E-state index in [2.05, 4.69) is 5.32 Å². The zero-order chi connectivity index (χ0) is 26.1. The molecule has 0 aliphatic heterocycles. The van der Waals surface area contributed by atoms with Gasteiger partial charge in [-0.15, -0.1) is 0 Å². The fourth-order valence-corrected chi connectivity index (χ4v) is 5.05. The highest BCUT2D eigenvalue weighted by atomic mass is 35.5. The zero-order valence-electron chi connectivity index (χ0n) is 19.6. The number of carbonyl (C=O) groups excluding carboxylic acids is 2. The lowest BCUT2D eigenvalue weighted by Gasteiger charge is -2.17. The monoisotopic (exact) mass is 524 g/mol. The third-order valence-electron chi connectivity index (χ3n) is 5.45. The molecule has 3 rings (SSSR count). The van der Waals surface area contributed by atoms with Crippen LogP contribution in [0.5, 0.6) is 0 Å². The van der Waals surface area contributed by atoms with Crippen molar-refractivity contribution in [1.82, 2.24) is 9.88 Å². The van der Waals surface area contributed by atoms with E-state index in [9.17, 15) is 27.5 Å². The van der Waals surface area contributed by atoms with Crippen molar-refractivity contribution in [2.75, 3.05) is 12.4 Å². The van der Waals surface area contributed by atoms with Gasteiger partial charge < -0.3 is 19.7 Å². The summed E-state index contributed by atoms with van der Waals surface area (Å²) in [5, 5.41) is 12.9. The van der Waals surface area contributed by atoms with Crippen LogP contribution in [0.15, 0.2) is 41.3 Å². The summed E-state index contributed by atoms with van der Waals surface area (Å²) >= 11 is 6.12. The summed E-state index contributed by atoms with van der Waals surface area (Å²) in [4.78, 5) is 24.6. The highest BCUT2D eigenvalue weighted by Gasteiger charge is 2.24. The molecule has 35 heavy (non-hydrogen) atoms. The number of aliphatic hydroxyl groups excluding tert-OH is 1. The predicted molar refractivity (Wildman–Crippen MR) is 130 cm³/mol. The van der Waals surface area contributed by atoms with Crippen molar-refractivity contribution < 1.29 is 32.2 Å². The third-order valence-corrected chi connectivity index (χ3v) is 7.42. The molecule has 0 saturated heterocycles. The summed E-state index contributed by atoms with van der Waals surface area (Å²) in [5.74, 6) is -2.74. The van der Waals surface area contributed by atoms with Gasteiger partial charge in [0.2, 0.25) is 0 Å². The van der Waals surface area contributed by atoms with E-state index in [0.29, 0.717) is 22.0 Å². The molecule has 1 unspecified atom stereocenters. The number of ether oxygens (including phenoxy) is 1. The van der Waals surface area contributed by atoms with Gasteiger partial charge in [-0.05, 0) is 56.2 Å². The van der Waals surface area contributed by atoms with E-state index in [1.54, 1.807) is 38.5 Å². The Labute approximate surface area is 207 Å². The number of carbonyl (C=O) groups is 2. The first-order valence-electron chi connectivity index (χ1n) is 10.7. The van der Waals surface area contributed by atoms with Gasteiger partial charge in [0.05, 0.1) is 34.2 Å². The number of rotatable bonds is 8. The average molecular weight is 525 g/mol. The average Bonchev–Trinajstić information content (AvgIpc) is 3.11. The second-order valence-electron chi connectivity index (χ2n) is 8.42. The van der Waals surface area contributed by atoms with Crippen LogP contribution in [0.1, 0.15) is 41.5 Å². The first-order chi connectivity index (χ1) is 16.4. The van der Waals surface area contributed by atoms with Gasteiger partial charge in [0.15, 0.2) is 15.6 Å². The molecule has 1 atom stereocenters. The van der Waals surface area contributed by atoms with Crippen LogP contribution in [0.25, 0.3) is 10.9 Å². The molecule has 1 aromatic heterocycles. The highest BCUT2D eigenvalue weighted by molar-refractivity contribution is 7.92. The largest absolute Gasteiger partial charge is 0.462 e. The summed E-state index contributed by atoms with van der Waals surface area (Å²) in [6, 6.07) is 7.69. The number of halogens is 2. The Hall–Kier alpha value is -2.95. The van der Waals surface area contributed by atoms with E-state index in [0.717, 1.165) is 0 Å². The number of aromatic nitrogens is 1. The molecule has 0 spiro atoms. The van der Waals surface area contributed by atoms with E-state index >= 15 is 0 Å². The highest BCUT2D eigenvalue weighted by Crippen LogP contribution is 2.31. The van der Waals surface area contributed by atoms with Crippen molar-refractivity contribution in [2.24, 2.45) is 7.05 Å². The Morgan fingerprint density at radius 3 is 2.40 bits per heavy atom. The number of sulfone groups is 1. The Morgan fingerprint density at radius 1 is 1.20 bits per heavy atom. The molecule has 11 heteroatoms. The summed E-state index contributed by atoms with van der Waals surface area (Å²) in [7, 11) is -2.28. The second kappa shape index (κ2) is 10.3. The first kappa shape index (κ1) is 26.7. The van der Waals surface area contributed by atoms with Crippen LogP contribution in [-0.2, 0) is 26.4 Å². The zero-order valence-corrected chi connectivity index (χ0v) is 21.2. The Bertz CT molecular complexity index is 1380. The van der Waals surface area contributed by atoms with E-state index in [4.69, 9.17) is 16.3 Å². The molecule has 2 aromatic carbocycles. The van der Waals surface area contributed by atoms with E-state index in [-0.39, 0.29) is 15.6 Å². The molecule has 0 saturated carbocycles. The smallest absolute Gasteiger partial charge is 0.321 e. The number of aliphatic hydroxyl groups is 1. The minimum absolute atomic E-state index is 0.0811. The number of fused-ring (bicyclic) bond motifs is 1. The van der Waals surface area contributed by atoms with Crippen LogP contribution >= 0.6 is 11.6 Å². The lowest BCUT2D eigenvalue weighted by Crippen LogP contribution is -2.32. The van der Waals surface area contributed by atoms with Crippen molar-refractivity contribution in [2.45, 2.75) is 37.8 Å². The van der Waals surface area contributed by atoms with Gasteiger partial charge in [0, 0.05) is 12.4 Å². The topological polar surface area (TPSA) is 115 Å².